The predicted molar refractivity (Wildman–Crippen MR) is 114 cm³/mol. The molecule has 0 radical (unpaired) electrons. The quantitative estimate of drug-likeness (QED) is 0.462. The number of nitrogens with one attached hydrogen (secondary N) is 1. The van der Waals surface area contributed by atoms with Gasteiger partial charge in [-0.25, -0.2) is 15.0 Å². The van der Waals surface area contributed by atoms with Crippen molar-refractivity contribution in [2.75, 3.05) is 0 Å². The molecule has 0 atom stereocenters. The van der Waals surface area contributed by atoms with Crippen LogP contribution < -0.4 is 5.32 Å². The molecule has 5 aromatic rings. The van der Waals surface area contributed by atoms with Crippen molar-refractivity contribution < 1.29 is 4.79 Å². The van der Waals surface area contributed by atoms with Crippen LogP contribution in [0.25, 0.3) is 26.6 Å². The molecular weight excluding hydrogens is 406 g/mol. The highest BCUT2D eigenvalue weighted by Gasteiger charge is 2.09. The Labute approximate surface area is 174 Å². The van der Waals surface area contributed by atoms with Crippen LogP contribution in [0.1, 0.15) is 15.9 Å². The first kappa shape index (κ1) is 17.8. The van der Waals surface area contributed by atoms with E-state index < -0.39 is 0 Å². The molecule has 3 aromatic heterocycles. The number of imidazole rings is 1. The number of fused-ring (bicyclic) bond motifs is 2. The lowest BCUT2D eigenvalue weighted by Gasteiger charge is -2.06. The van der Waals surface area contributed by atoms with Crippen LogP contribution >= 0.6 is 22.9 Å². The molecule has 29 heavy (non-hydrogen) atoms. The zero-order chi connectivity index (χ0) is 19.8. The fourth-order valence-electron chi connectivity index (χ4n) is 3.01. The summed E-state index contributed by atoms with van der Waals surface area (Å²) in [5.74, 6) is 0.384. The van der Waals surface area contributed by atoms with Gasteiger partial charge < -0.3 is 5.32 Å². The minimum absolute atomic E-state index is 0.180. The van der Waals surface area contributed by atoms with Gasteiger partial charge in [0, 0.05) is 41.9 Å². The van der Waals surface area contributed by atoms with Gasteiger partial charge in [-0.3, -0.25) is 9.20 Å². The average molecular weight is 420 g/mol. The van der Waals surface area contributed by atoms with Gasteiger partial charge in [0.25, 0.3) is 5.91 Å². The molecule has 0 aliphatic heterocycles. The van der Waals surface area contributed by atoms with E-state index in [1.165, 1.54) is 6.20 Å². The third kappa shape index (κ3) is 3.57. The lowest BCUT2D eigenvalue weighted by atomic mass is 10.1. The minimum atomic E-state index is -0.180. The SMILES string of the molecule is O=C(NCc1ccc(-c2nc3cc(Cl)ccc3s2)cc1)c1cnc2nccn2c1. The number of carbonyl (C=O) groups excluding carboxylic acids is 1. The number of rotatable bonds is 4. The second-order valence-electron chi connectivity index (χ2n) is 6.49. The van der Waals surface area contributed by atoms with Gasteiger partial charge in [-0.15, -0.1) is 11.3 Å². The molecular formula is C21H14ClN5OS. The molecule has 0 aliphatic carbocycles. The summed E-state index contributed by atoms with van der Waals surface area (Å²) >= 11 is 7.67. The molecule has 142 valence electrons. The Balaban J connectivity index is 1.29. The van der Waals surface area contributed by atoms with Crippen LogP contribution in [0.15, 0.2) is 67.3 Å². The molecule has 0 aliphatic rings. The number of carbonyl (C=O) groups is 1. The van der Waals surface area contributed by atoms with Crippen LogP contribution in [0, 0.1) is 0 Å². The van der Waals surface area contributed by atoms with Crippen molar-refractivity contribution in [3.63, 3.8) is 0 Å². The first-order valence-corrected chi connectivity index (χ1v) is 10.1. The van der Waals surface area contributed by atoms with Gasteiger partial charge in [-0.2, -0.15) is 0 Å². The third-order valence-corrected chi connectivity index (χ3v) is 5.83. The smallest absolute Gasteiger partial charge is 0.254 e. The summed E-state index contributed by atoms with van der Waals surface area (Å²) < 4.78 is 2.82. The van der Waals surface area contributed by atoms with Crippen LogP contribution in [0.3, 0.4) is 0 Å². The normalized spacial score (nSPS) is 11.2. The molecule has 0 unspecified atom stereocenters. The Morgan fingerprint density at radius 3 is 2.86 bits per heavy atom. The maximum atomic E-state index is 12.4. The Morgan fingerprint density at radius 2 is 2.00 bits per heavy atom. The summed E-state index contributed by atoms with van der Waals surface area (Å²) in [6.07, 6.45) is 6.65. The van der Waals surface area contributed by atoms with E-state index >= 15 is 0 Å². The summed E-state index contributed by atoms with van der Waals surface area (Å²) in [5, 5.41) is 4.54. The van der Waals surface area contributed by atoms with Gasteiger partial charge in [0.2, 0.25) is 5.78 Å². The predicted octanol–water partition coefficient (Wildman–Crippen LogP) is 4.59. The highest BCUT2D eigenvalue weighted by molar-refractivity contribution is 7.21. The van der Waals surface area contributed by atoms with Crippen LogP contribution in [-0.2, 0) is 6.54 Å². The highest BCUT2D eigenvalue weighted by atomic mass is 35.5. The van der Waals surface area contributed by atoms with Gasteiger partial charge in [-0.05, 0) is 23.8 Å². The van der Waals surface area contributed by atoms with Crippen molar-refractivity contribution >= 4 is 44.8 Å². The van der Waals surface area contributed by atoms with E-state index in [9.17, 15) is 4.79 Å². The molecule has 0 fully saturated rings. The Kier molecular flexibility index (Phi) is 4.46. The number of hydrogen-bond donors (Lipinski definition) is 1. The topological polar surface area (TPSA) is 72.2 Å². The Bertz CT molecular complexity index is 1340. The maximum Gasteiger partial charge on any atom is 0.254 e. The van der Waals surface area contributed by atoms with E-state index in [0.717, 1.165) is 26.4 Å². The molecule has 0 bridgehead atoms. The third-order valence-electron chi connectivity index (χ3n) is 4.51. The molecule has 8 heteroatoms. The van der Waals surface area contributed by atoms with Crippen LogP contribution in [0.2, 0.25) is 5.02 Å². The fraction of sp³-hybridized carbons (Fsp3) is 0.0476. The van der Waals surface area contributed by atoms with Crippen LogP contribution in [0.4, 0.5) is 0 Å². The molecule has 0 saturated carbocycles. The second-order valence-corrected chi connectivity index (χ2v) is 7.95. The lowest BCUT2D eigenvalue weighted by Crippen LogP contribution is -2.23. The van der Waals surface area contributed by atoms with Crippen molar-refractivity contribution in [3.05, 3.63) is 83.4 Å². The average Bonchev–Trinajstić information content (AvgIpc) is 3.38. The van der Waals surface area contributed by atoms with E-state index in [4.69, 9.17) is 11.6 Å². The van der Waals surface area contributed by atoms with Crippen molar-refractivity contribution in [1.29, 1.82) is 0 Å². The molecule has 0 spiro atoms. The van der Waals surface area contributed by atoms with E-state index in [0.29, 0.717) is 22.9 Å². The lowest BCUT2D eigenvalue weighted by molar-refractivity contribution is 0.0950. The van der Waals surface area contributed by atoms with E-state index in [1.807, 2.05) is 42.5 Å². The number of aromatic nitrogens is 4. The second kappa shape index (κ2) is 7.27. The number of hydrogen-bond acceptors (Lipinski definition) is 5. The Hall–Kier alpha value is -3.29. The summed E-state index contributed by atoms with van der Waals surface area (Å²) in [6.45, 7) is 0.427. The van der Waals surface area contributed by atoms with Gasteiger partial charge >= 0.3 is 0 Å². The molecule has 2 aromatic carbocycles. The molecule has 6 nitrogen and oxygen atoms in total. The van der Waals surface area contributed by atoms with Crippen molar-refractivity contribution in [1.82, 2.24) is 24.7 Å². The van der Waals surface area contributed by atoms with E-state index in [1.54, 1.807) is 34.3 Å². The molecule has 3 heterocycles. The largest absolute Gasteiger partial charge is 0.348 e. The molecule has 1 N–H and O–H groups in total. The summed E-state index contributed by atoms with van der Waals surface area (Å²) in [7, 11) is 0. The first-order chi connectivity index (χ1) is 14.2. The molecule has 1 amide bonds. The molecule has 5 rings (SSSR count). The van der Waals surface area contributed by atoms with Gasteiger partial charge in [-0.1, -0.05) is 35.9 Å². The highest BCUT2D eigenvalue weighted by Crippen LogP contribution is 2.31. The molecule has 0 saturated heterocycles. The standard InChI is InChI=1S/C21H14ClN5OS/c22-16-5-6-18-17(9-16)26-20(29-18)14-3-1-13(2-4-14)10-24-19(28)15-11-25-21-23-7-8-27(21)12-15/h1-9,11-12H,10H2,(H,24,28). The minimum Gasteiger partial charge on any atom is -0.348 e. The van der Waals surface area contributed by atoms with Crippen molar-refractivity contribution in [2.24, 2.45) is 0 Å². The fourth-order valence-corrected chi connectivity index (χ4v) is 4.13. The van der Waals surface area contributed by atoms with E-state index in [2.05, 4.69) is 20.3 Å². The van der Waals surface area contributed by atoms with Crippen molar-refractivity contribution in [2.45, 2.75) is 6.54 Å². The Morgan fingerprint density at radius 1 is 1.14 bits per heavy atom. The number of amides is 1. The number of benzene rings is 2. The van der Waals surface area contributed by atoms with Crippen LogP contribution in [0.5, 0.6) is 0 Å². The van der Waals surface area contributed by atoms with E-state index in [-0.39, 0.29) is 5.91 Å². The number of halogens is 1. The van der Waals surface area contributed by atoms with Gasteiger partial charge in [0.15, 0.2) is 0 Å². The summed E-state index contributed by atoms with van der Waals surface area (Å²) in [5.41, 5.74) is 3.42. The summed E-state index contributed by atoms with van der Waals surface area (Å²) in [6, 6.07) is 13.7. The maximum absolute atomic E-state index is 12.4. The summed E-state index contributed by atoms with van der Waals surface area (Å²) in [4.78, 5) is 25.3. The van der Waals surface area contributed by atoms with Crippen LogP contribution in [-0.4, -0.2) is 25.3 Å². The zero-order valence-corrected chi connectivity index (χ0v) is 16.6. The number of thiazole rings is 1. The number of nitrogens with zero attached hydrogens (tertiary/aromatic N) is 4. The van der Waals surface area contributed by atoms with Crippen molar-refractivity contribution in [3.8, 4) is 10.6 Å². The van der Waals surface area contributed by atoms with Gasteiger partial charge in [0.05, 0.1) is 15.8 Å². The zero-order valence-electron chi connectivity index (χ0n) is 15.0. The monoisotopic (exact) mass is 419 g/mol. The van der Waals surface area contributed by atoms with Gasteiger partial charge in [0.1, 0.15) is 5.01 Å². The first-order valence-electron chi connectivity index (χ1n) is 8.88.